The lowest BCUT2D eigenvalue weighted by Gasteiger charge is -2.32. The number of rotatable bonds is 5. The first-order chi connectivity index (χ1) is 21.8. The molecule has 0 saturated carbocycles. The molecule has 0 unspecified atom stereocenters. The summed E-state index contributed by atoms with van der Waals surface area (Å²) in [6.45, 7) is 8.38. The van der Waals surface area contributed by atoms with Crippen molar-refractivity contribution in [1.82, 2.24) is 0 Å². The number of hydrogen-bond donors (Lipinski definition) is 0. The molecule has 1 fully saturated rings. The fraction of sp³-hybridized carbons (Fsp3) is 0.150. The van der Waals surface area contributed by atoms with Gasteiger partial charge in [-0.05, 0) is 80.7 Å². The number of nitrogens with zero attached hydrogens (tertiary/aromatic N) is 1. The van der Waals surface area contributed by atoms with Gasteiger partial charge in [-0.3, -0.25) is 0 Å². The minimum Gasteiger partial charge on any atom is -0.455 e. The van der Waals surface area contributed by atoms with Crippen molar-refractivity contribution in [3.63, 3.8) is 0 Å². The van der Waals surface area contributed by atoms with Crippen LogP contribution in [0, 0.1) is 0 Å². The van der Waals surface area contributed by atoms with E-state index in [1.807, 2.05) is 18.2 Å². The van der Waals surface area contributed by atoms with E-state index in [0.29, 0.717) is 0 Å². The molecule has 0 aliphatic carbocycles. The Morgan fingerprint density at radius 1 is 0.533 bits per heavy atom. The molecular formula is C40H34BNO3. The highest BCUT2D eigenvalue weighted by atomic mass is 16.7. The Bertz CT molecular complexity index is 2150. The summed E-state index contributed by atoms with van der Waals surface area (Å²) in [4.78, 5) is 2.34. The smallest absolute Gasteiger partial charge is 0.455 e. The first-order valence-electron chi connectivity index (χ1n) is 15.5. The van der Waals surface area contributed by atoms with Crippen molar-refractivity contribution < 1.29 is 13.7 Å². The van der Waals surface area contributed by atoms with Crippen LogP contribution in [0.15, 0.2) is 138 Å². The topological polar surface area (TPSA) is 34.8 Å². The molecule has 2 heterocycles. The van der Waals surface area contributed by atoms with Crippen molar-refractivity contribution in [3.05, 3.63) is 133 Å². The van der Waals surface area contributed by atoms with E-state index in [1.54, 1.807) is 0 Å². The van der Waals surface area contributed by atoms with Crippen LogP contribution >= 0.6 is 0 Å². The second kappa shape index (κ2) is 10.4. The predicted octanol–water partition coefficient (Wildman–Crippen LogP) is 10.2. The molecule has 5 heteroatoms. The highest BCUT2D eigenvalue weighted by Crippen LogP contribution is 2.45. The van der Waals surface area contributed by atoms with E-state index in [9.17, 15) is 0 Å². The van der Waals surface area contributed by atoms with Crippen LogP contribution < -0.4 is 10.4 Å². The van der Waals surface area contributed by atoms with Gasteiger partial charge in [-0.2, -0.15) is 0 Å². The summed E-state index contributed by atoms with van der Waals surface area (Å²) in [5.41, 5.74) is 7.28. The van der Waals surface area contributed by atoms with Gasteiger partial charge in [0, 0.05) is 32.9 Å². The Morgan fingerprint density at radius 2 is 1.11 bits per heavy atom. The van der Waals surface area contributed by atoms with Crippen LogP contribution in [0.2, 0.25) is 0 Å². The van der Waals surface area contributed by atoms with Gasteiger partial charge < -0.3 is 18.6 Å². The van der Waals surface area contributed by atoms with Crippen LogP contribution in [0.3, 0.4) is 0 Å². The summed E-state index contributed by atoms with van der Waals surface area (Å²) in [7, 11) is -0.541. The second-order valence-electron chi connectivity index (χ2n) is 12.8. The molecule has 0 atom stereocenters. The largest absolute Gasteiger partial charge is 0.495 e. The Kier molecular flexibility index (Phi) is 6.38. The monoisotopic (exact) mass is 587 g/mol. The Hall–Kier alpha value is -4.84. The molecule has 0 N–H and O–H groups in total. The Balaban J connectivity index is 1.41. The molecule has 0 amide bonds. The number of para-hydroxylation sites is 2. The van der Waals surface area contributed by atoms with Gasteiger partial charge in [-0.1, -0.05) is 97.1 Å². The number of anilines is 3. The molecule has 1 aromatic heterocycles. The number of furan rings is 1. The lowest BCUT2D eigenvalue weighted by Crippen LogP contribution is -2.41. The predicted molar refractivity (Wildman–Crippen MR) is 187 cm³/mol. The molecule has 1 saturated heterocycles. The minimum atomic E-state index is -0.541. The van der Waals surface area contributed by atoms with E-state index in [-0.39, 0.29) is 0 Å². The number of benzene rings is 6. The molecule has 45 heavy (non-hydrogen) atoms. The van der Waals surface area contributed by atoms with Crippen LogP contribution in [0.4, 0.5) is 17.1 Å². The van der Waals surface area contributed by atoms with E-state index in [1.165, 1.54) is 11.1 Å². The molecule has 1 aliphatic heterocycles. The van der Waals surface area contributed by atoms with Crippen molar-refractivity contribution in [2.45, 2.75) is 38.9 Å². The van der Waals surface area contributed by atoms with Gasteiger partial charge >= 0.3 is 7.12 Å². The first-order valence-corrected chi connectivity index (χ1v) is 15.5. The molecule has 1 aliphatic rings. The highest BCUT2D eigenvalue weighted by molar-refractivity contribution is 6.66. The summed E-state index contributed by atoms with van der Waals surface area (Å²) in [5, 5.41) is 4.19. The highest BCUT2D eigenvalue weighted by Gasteiger charge is 2.52. The molecule has 0 spiro atoms. The van der Waals surface area contributed by atoms with Crippen LogP contribution in [-0.4, -0.2) is 18.3 Å². The van der Waals surface area contributed by atoms with E-state index in [2.05, 4.69) is 148 Å². The quantitative estimate of drug-likeness (QED) is 0.188. The van der Waals surface area contributed by atoms with Gasteiger partial charge in [0.25, 0.3) is 0 Å². The van der Waals surface area contributed by atoms with Crippen LogP contribution in [0.1, 0.15) is 27.7 Å². The average Bonchev–Trinajstić information content (AvgIpc) is 3.54. The summed E-state index contributed by atoms with van der Waals surface area (Å²) >= 11 is 0. The lowest BCUT2D eigenvalue weighted by atomic mass is 9.75. The number of fused-ring (bicyclic) bond motifs is 5. The summed E-state index contributed by atoms with van der Waals surface area (Å²) in [6.07, 6.45) is 0. The van der Waals surface area contributed by atoms with Crippen LogP contribution in [-0.2, 0) is 9.31 Å². The average molecular weight is 588 g/mol. The normalized spacial score (nSPS) is 15.7. The zero-order valence-electron chi connectivity index (χ0n) is 26.0. The van der Waals surface area contributed by atoms with Gasteiger partial charge in [0.1, 0.15) is 11.2 Å². The van der Waals surface area contributed by atoms with Gasteiger partial charge in [0.2, 0.25) is 0 Å². The van der Waals surface area contributed by atoms with Crippen molar-refractivity contribution in [1.29, 1.82) is 0 Å². The maximum Gasteiger partial charge on any atom is 0.495 e. The molecule has 220 valence electrons. The van der Waals surface area contributed by atoms with Crippen molar-refractivity contribution in [2.24, 2.45) is 0 Å². The van der Waals surface area contributed by atoms with E-state index in [0.717, 1.165) is 55.2 Å². The van der Waals surface area contributed by atoms with Gasteiger partial charge in [-0.25, -0.2) is 0 Å². The second-order valence-corrected chi connectivity index (χ2v) is 12.8. The standard InChI is InChI=1S/C40H34BNO3/c1-39(2)40(3,4)45-41(44-39)34-20-13-19-32-35(26-33-31-18-11-12-21-36(31)43-38(33)37(32)34)42(29-16-9-6-10-17-29)30-24-22-28(23-25-30)27-14-7-5-8-15-27/h5-26H,1-4H3. The van der Waals surface area contributed by atoms with Gasteiger partial charge in [-0.15, -0.1) is 0 Å². The maximum absolute atomic E-state index is 6.65. The molecule has 6 aromatic carbocycles. The molecule has 0 bridgehead atoms. The van der Waals surface area contributed by atoms with Gasteiger partial charge in [0.15, 0.2) is 0 Å². The zero-order chi connectivity index (χ0) is 30.8. The minimum absolute atomic E-state index is 0.471. The summed E-state index contributed by atoms with van der Waals surface area (Å²) in [5.74, 6) is 0. The van der Waals surface area contributed by atoms with E-state index < -0.39 is 18.3 Å². The van der Waals surface area contributed by atoms with E-state index >= 15 is 0 Å². The Labute approximate surface area is 264 Å². The molecule has 8 rings (SSSR count). The third-order valence-corrected chi connectivity index (χ3v) is 9.51. The fourth-order valence-electron chi connectivity index (χ4n) is 6.44. The SMILES string of the molecule is CC1(C)OB(c2cccc3c(N(c4ccccc4)c4ccc(-c5ccccc5)cc4)cc4c5ccccc5oc4c23)OC1(C)C. The Morgan fingerprint density at radius 3 is 1.82 bits per heavy atom. The third kappa shape index (κ3) is 4.54. The van der Waals surface area contributed by atoms with Crippen molar-refractivity contribution in [2.75, 3.05) is 4.90 Å². The first kappa shape index (κ1) is 27.7. The lowest BCUT2D eigenvalue weighted by molar-refractivity contribution is 0.00578. The fourth-order valence-corrected chi connectivity index (χ4v) is 6.44. The summed E-state index contributed by atoms with van der Waals surface area (Å²) in [6, 6.07) is 46.8. The third-order valence-electron chi connectivity index (χ3n) is 9.51. The van der Waals surface area contributed by atoms with Crippen LogP contribution in [0.25, 0.3) is 43.8 Å². The van der Waals surface area contributed by atoms with E-state index in [4.69, 9.17) is 13.7 Å². The van der Waals surface area contributed by atoms with Gasteiger partial charge in [0.05, 0.1) is 16.9 Å². The molecule has 4 nitrogen and oxygen atoms in total. The number of hydrogen-bond acceptors (Lipinski definition) is 4. The zero-order valence-corrected chi connectivity index (χ0v) is 26.0. The van der Waals surface area contributed by atoms with Crippen molar-refractivity contribution >= 4 is 62.4 Å². The molecular weight excluding hydrogens is 553 g/mol. The maximum atomic E-state index is 6.65. The van der Waals surface area contributed by atoms with Crippen molar-refractivity contribution in [3.8, 4) is 11.1 Å². The van der Waals surface area contributed by atoms with Crippen LogP contribution in [0.5, 0.6) is 0 Å². The molecule has 0 radical (unpaired) electrons. The summed E-state index contributed by atoms with van der Waals surface area (Å²) < 4.78 is 19.9. The molecule has 7 aromatic rings.